The number of halogens is 2. The summed E-state index contributed by atoms with van der Waals surface area (Å²) in [5, 5.41) is 15.1. The fourth-order valence-corrected chi connectivity index (χ4v) is 3.89. The quantitative estimate of drug-likeness (QED) is 0.280. The van der Waals surface area contributed by atoms with Crippen molar-refractivity contribution in [2.24, 2.45) is 5.10 Å². The van der Waals surface area contributed by atoms with E-state index in [1.807, 2.05) is 36.4 Å². The van der Waals surface area contributed by atoms with Gasteiger partial charge in [-0.1, -0.05) is 71.4 Å². The third kappa shape index (κ3) is 4.85. The van der Waals surface area contributed by atoms with Crippen molar-refractivity contribution in [3.05, 3.63) is 94.2 Å². The maximum atomic E-state index is 6.28. The van der Waals surface area contributed by atoms with Crippen molar-refractivity contribution >= 4 is 41.2 Å². The van der Waals surface area contributed by atoms with Crippen molar-refractivity contribution in [3.63, 3.8) is 0 Å². The fraction of sp³-hybridized carbons (Fsp3) is 0.0476. The SMILES string of the molecule is Clc1ccc(/C=N\n2c(SCc3ccccc3)nnc2-c2ccncc2)c(Cl)c1. The molecule has 0 N–H and O–H groups in total. The van der Waals surface area contributed by atoms with E-state index in [2.05, 4.69) is 32.4 Å². The molecule has 29 heavy (non-hydrogen) atoms. The Morgan fingerprint density at radius 1 is 0.966 bits per heavy atom. The van der Waals surface area contributed by atoms with Gasteiger partial charge in [-0.05, 0) is 29.8 Å². The van der Waals surface area contributed by atoms with Crippen LogP contribution in [0.25, 0.3) is 11.4 Å². The Morgan fingerprint density at radius 3 is 2.52 bits per heavy atom. The first kappa shape index (κ1) is 19.6. The van der Waals surface area contributed by atoms with Crippen LogP contribution in [0.3, 0.4) is 0 Å². The summed E-state index contributed by atoms with van der Waals surface area (Å²) in [6.07, 6.45) is 5.11. The molecule has 0 spiro atoms. The first-order chi connectivity index (χ1) is 14.2. The highest BCUT2D eigenvalue weighted by molar-refractivity contribution is 7.98. The molecule has 4 aromatic rings. The highest BCUT2D eigenvalue weighted by Gasteiger charge is 2.14. The summed E-state index contributed by atoms with van der Waals surface area (Å²) in [6.45, 7) is 0. The fourth-order valence-electron chi connectivity index (χ4n) is 2.59. The normalized spacial score (nSPS) is 11.2. The van der Waals surface area contributed by atoms with E-state index in [-0.39, 0.29) is 0 Å². The van der Waals surface area contributed by atoms with E-state index in [1.165, 1.54) is 5.56 Å². The zero-order valence-electron chi connectivity index (χ0n) is 15.1. The molecule has 0 bridgehead atoms. The molecule has 2 aromatic heterocycles. The number of rotatable bonds is 6. The number of hydrogen-bond acceptors (Lipinski definition) is 5. The van der Waals surface area contributed by atoms with Crippen LogP contribution in [0.4, 0.5) is 0 Å². The summed E-state index contributed by atoms with van der Waals surface area (Å²) < 4.78 is 1.72. The van der Waals surface area contributed by atoms with Crippen molar-refractivity contribution < 1.29 is 0 Å². The van der Waals surface area contributed by atoms with Gasteiger partial charge in [-0.25, -0.2) is 0 Å². The first-order valence-corrected chi connectivity index (χ1v) is 10.5. The van der Waals surface area contributed by atoms with E-state index in [9.17, 15) is 0 Å². The predicted molar refractivity (Wildman–Crippen MR) is 119 cm³/mol. The lowest BCUT2D eigenvalue weighted by atomic mass is 10.2. The lowest BCUT2D eigenvalue weighted by Gasteiger charge is -2.05. The van der Waals surface area contributed by atoms with Gasteiger partial charge >= 0.3 is 0 Å². The molecule has 2 aromatic carbocycles. The van der Waals surface area contributed by atoms with Crippen LogP contribution in [-0.4, -0.2) is 26.1 Å². The van der Waals surface area contributed by atoms with Gasteiger partial charge in [0.2, 0.25) is 5.16 Å². The van der Waals surface area contributed by atoms with Gasteiger partial charge in [-0.3, -0.25) is 4.98 Å². The van der Waals surface area contributed by atoms with Crippen LogP contribution in [0.15, 0.2) is 83.3 Å². The van der Waals surface area contributed by atoms with Crippen molar-refractivity contribution in [1.82, 2.24) is 19.9 Å². The molecule has 0 amide bonds. The van der Waals surface area contributed by atoms with Crippen LogP contribution in [-0.2, 0) is 5.75 Å². The number of nitrogens with zero attached hydrogens (tertiary/aromatic N) is 5. The Balaban J connectivity index is 1.68. The van der Waals surface area contributed by atoms with Gasteiger partial charge < -0.3 is 0 Å². The number of thioether (sulfide) groups is 1. The summed E-state index contributed by atoms with van der Waals surface area (Å²) in [5.74, 6) is 1.39. The molecule has 0 fully saturated rings. The van der Waals surface area contributed by atoms with Crippen molar-refractivity contribution in [3.8, 4) is 11.4 Å². The molecule has 0 aliphatic rings. The van der Waals surface area contributed by atoms with Crippen molar-refractivity contribution in [2.45, 2.75) is 10.9 Å². The van der Waals surface area contributed by atoms with Crippen LogP contribution in [0.1, 0.15) is 11.1 Å². The molecule has 144 valence electrons. The van der Waals surface area contributed by atoms with Crippen LogP contribution in [0, 0.1) is 0 Å². The van der Waals surface area contributed by atoms with Gasteiger partial charge in [-0.2, -0.15) is 9.78 Å². The minimum absolute atomic E-state index is 0.526. The highest BCUT2D eigenvalue weighted by atomic mass is 35.5. The highest BCUT2D eigenvalue weighted by Crippen LogP contribution is 2.26. The summed E-state index contributed by atoms with van der Waals surface area (Å²) in [7, 11) is 0. The largest absolute Gasteiger partial charge is 0.265 e. The second kappa shape index (κ2) is 9.22. The van der Waals surface area contributed by atoms with Gasteiger partial charge in [0, 0.05) is 34.3 Å². The zero-order valence-corrected chi connectivity index (χ0v) is 17.4. The van der Waals surface area contributed by atoms with Crippen molar-refractivity contribution in [1.29, 1.82) is 0 Å². The molecule has 0 aliphatic heterocycles. The Bertz CT molecular complexity index is 1130. The maximum absolute atomic E-state index is 6.28. The molecule has 0 aliphatic carbocycles. The Kier molecular flexibility index (Phi) is 6.24. The summed E-state index contributed by atoms with van der Waals surface area (Å²) in [5.41, 5.74) is 2.82. The average molecular weight is 440 g/mol. The lowest BCUT2D eigenvalue weighted by molar-refractivity contribution is 0.772. The molecule has 0 atom stereocenters. The minimum atomic E-state index is 0.526. The van der Waals surface area contributed by atoms with E-state index in [4.69, 9.17) is 23.2 Å². The number of benzene rings is 2. The molecule has 0 saturated carbocycles. The smallest absolute Gasteiger partial charge is 0.212 e. The van der Waals surface area contributed by atoms with Crippen molar-refractivity contribution in [2.75, 3.05) is 0 Å². The third-order valence-corrected chi connectivity index (χ3v) is 5.59. The van der Waals surface area contributed by atoms with Crippen LogP contribution in [0.5, 0.6) is 0 Å². The standard InChI is InChI=1S/C21H15Cl2N5S/c22-18-7-6-17(19(23)12-18)13-25-28-20(16-8-10-24-11-9-16)26-27-21(28)29-14-15-4-2-1-3-5-15/h1-13H,14H2/b25-13-. The first-order valence-electron chi connectivity index (χ1n) is 8.72. The van der Waals surface area contributed by atoms with E-state index >= 15 is 0 Å². The van der Waals surface area contributed by atoms with E-state index in [0.29, 0.717) is 21.0 Å². The summed E-state index contributed by atoms with van der Waals surface area (Å²) in [4.78, 5) is 4.07. The Hall–Kier alpha value is -2.67. The van der Waals surface area contributed by atoms with Crippen LogP contribution in [0.2, 0.25) is 10.0 Å². The van der Waals surface area contributed by atoms with Gasteiger partial charge in [0.15, 0.2) is 5.82 Å². The van der Waals surface area contributed by atoms with E-state index < -0.39 is 0 Å². The molecule has 2 heterocycles. The molecule has 0 radical (unpaired) electrons. The molecule has 5 nitrogen and oxygen atoms in total. The average Bonchev–Trinajstić information content (AvgIpc) is 3.16. The molecular weight excluding hydrogens is 425 g/mol. The number of hydrogen-bond donors (Lipinski definition) is 0. The van der Waals surface area contributed by atoms with Crippen LogP contribution >= 0.6 is 35.0 Å². The van der Waals surface area contributed by atoms with Gasteiger partial charge in [0.25, 0.3) is 0 Å². The molecule has 0 saturated heterocycles. The molecular formula is C21H15Cl2N5S. The molecule has 8 heteroatoms. The van der Waals surface area contributed by atoms with Gasteiger partial charge in [-0.15, -0.1) is 10.2 Å². The van der Waals surface area contributed by atoms with Crippen LogP contribution < -0.4 is 0 Å². The zero-order chi connectivity index (χ0) is 20.1. The number of pyridine rings is 1. The second-order valence-electron chi connectivity index (χ2n) is 6.04. The predicted octanol–water partition coefficient (Wildman–Crippen LogP) is 5.82. The monoisotopic (exact) mass is 439 g/mol. The van der Waals surface area contributed by atoms with E-state index in [1.54, 1.807) is 47.2 Å². The topological polar surface area (TPSA) is 56.0 Å². The van der Waals surface area contributed by atoms with Gasteiger partial charge in [0.05, 0.1) is 11.2 Å². The minimum Gasteiger partial charge on any atom is -0.265 e. The third-order valence-electron chi connectivity index (χ3n) is 4.04. The maximum Gasteiger partial charge on any atom is 0.212 e. The summed E-state index contributed by atoms with van der Waals surface area (Å²) >= 11 is 13.8. The Morgan fingerprint density at radius 2 is 1.76 bits per heavy atom. The number of aromatic nitrogens is 4. The molecule has 0 unspecified atom stereocenters. The second-order valence-corrected chi connectivity index (χ2v) is 7.82. The lowest BCUT2D eigenvalue weighted by Crippen LogP contribution is -1.97. The Labute approximate surface area is 182 Å². The van der Waals surface area contributed by atoms with E-state index in [0.717, 1.165) is 16.9 Å². The molecule has 4 rings (SSSR count). The van der Waals surface area contributed by atoms with Gasteiger partial charge in [0.1, 0.15) is 0 Å². The summed E-state index contributed by atoms with van der Waals surface area (Å²) in [6, 6.07) is 19.2.